The summed E-state index contributed by atoms with van der Waals surface area (Å²) in [4.78, 5) is 22.9. The zero-order valence-corrected chi connectivity index (χ0v) is 16.0. The number of hydrogen-bond acceptors (Lipinski definition) is 4. The topological polar surface area (TPSA) is 79.8 Å². The van der Waals surface area contributed by atoms with Crippen LogP contribution >= 0.6 is 11.6 Å². The molecule has 0 bridgehead atoms. The fourth-order valence-corrected chi connectivity index (χ4v) is 2.34. The lowest BCUT2D eigenvalue weighted by Gasteiger charge is -2.09. The van der Waals surface area contributed by atoms with Crippen molar-refractivity contribution in [1.29, 1.82) is 0 Å². The van der Waals surface area contributed by atoms with E-state index in [0.29, 0.717) is 29.5 Å². The van der Waals surface area contributed by atoms with Crippen molar-refractivity contribution in [1.82, 2.24) is 10.7 Å². The van der Waals surface area contributed by atoms with Gasteiger partial charge in [0.25, 0.3) is 0 Å². The van der Waals surface area contributed by atoms with E-state index in [1.165, 1.54) is 11.8 Å². The van der Waals surface area contributed by atoms with E-state index >= 15 is 0 Å². The summed E-state index contributed by atoms with van der Waals surface area (Å²) in [6.45, 7) is 4.78. The van der Waals surface area contributed by atoms with Crippen LogP contribution in [0, 0.1) is 6.92 Å². The van der Waals surface area contributed by atoms with Gasteiger partial charge in [0.05, 0.1) is 11.2 Å². The Kier molecular flexibility index (Phi) is 7.82. The third-order valence-corrected chi connectivity index (χ3v) is 3.89. The van der Waals surface area contributed by atoms with Gasteiger partial charge in [-0.1, -0.05) is 48.4 Å². The van der Waals surface area contributed by atoms with Gasteiger partial charge >= 0.3 is 11.8 Å². The number of rotatable bonds is 7. The SMILES string of the molecule is CCCNC(=O)C(=O)N/N=C\c1ccc(OCc2ccc(C)cc2)c(Cl)c1. The van der Waals surface area contributed by atoms with Crippen LogP contribution in [0.15, 0.2) is 47.6 Å². The smallest absolute Gasteiger partial charge is 0.329 e. The molecule has 0 saturated heterocycles. The first-order valence-electron chi connectivity index (χ1n) is 8.58. The Morgan fingerprint density at radius 1 is 1.15 bits per heavy atom. The number of nitrogens with one attached hydrogen (secondary N) is 2. The molecular weight excluding hydrogens is 366 g/mol. The third kappa shape index (κ3) is 6.75. The Morgan fingerprint density at radius 2 is 1.89 bits per heavy atom. The Morgan fingerprint density at radius 3 is 2.56 bits per heavy atom. The van der Waals surface area contributed by atoms with Crippen LogP contribution in [-0.4, -0.2) is 24.6 Å². The molecule has 2 aromatic carbocycles. The summed E-state index contributed by atoms with van der Waals surface area (Å²) in [5.74, 6) is -0.979. The Balaban J connectivity index is 1.88. The number of aryl methyl sites for hydroxylation is 1. The fraction of sp³-hybridized carbons (Fsp3) is 0.250. The molecular formula is C20H22ClN3O3. The lowest BCUT2D eigenvalue weighted by molar-refractivity contribution is -0.139. The maximum atomic E-state index is 11.5. The van der Waals surface area contributed by atoms with Gasteiger partial charge in [-0.15, -0.1) is 0 Å². The normalized spacial score (nSPS) is 10.6. The predicted octanol–water partition coefficient (Wildman–Crippen LogP) is 3.20. The van der Waals surface area contributed by atoms with Gasteiger partial charge in [0.1, 0.15) is 12.4 Å². The molecule has 0 atom stereocenters. The molecule has 0 heterocycles. The summed E-state index contributed by atoms with van der Waals surface area (Å²) in [5, 5.41) is 6.65. The highest BCUT2D eigenvalue weighted by Crippen LogP contribution is 2.25. The molecule has 2 amide bonds. The molecule has 2 N–H and O–H groups in total. The molecule has 2 aromatic rings. The molecule has 0 radical (unpaired) electrons. The summed E-state index contributed by atoms with van der Waals surface area (Å²) < 4.78 is 5.73. The van der Waals surface area contributed by atoms with Gasteiger partial charge < -0.3 is 10.1 Å². The van der Waals surface area contributed by atoms with E-state index in [1.807, 2.05) is 38.1 Å². The minimum absolute atomic E-state index is 0.413. The van der Waals surface area contributed by atoms with Crippen LogP contribution in [0.3, 0.4) is 0 Å². The minimum Gasteiger partial charge on any atom is -0.487 e. The van der Waals surface area contributed by atoms with Gasteiger partial charge in [-0.3, -0.25) is 9.59 Å². The molecule has 0 spiro atoms. The highest BCUT2D eigenvalue weighted by molar-refractivity contribution is 6.35. The van der Waals surface area contributed by atoms with Crippen LogP contribution in [0.25, 0.3) is 0 Å². The summed E-state index contributed by atoms with van der Waals surface area (Å²) >= 11 is 6.23. The van der Waals surface area contributed by atoms with E-state index < -0.39 is 11.8 Å². The second-order valence-electron chi connectivity index (χ2n) is 5.92. The minimum atomic E-state index is -0.816. The lowest BCUT2D eigenvalue weighted by atomic mass is 10.2. The lowest BCUT2D eigenvalue weighted by Crippen LogP contribution is -2.38. The van der Waals surface area contributed by atoms with E-state index in [-0.39, 0.29) is 0 Å². The Hall–Kier alpha value is -2.86. The zero-order valence-electron chi connectivity index (χ0n) is 15.3. The van der Waals surface area contributed by atoms with Crippen LogP contribution in [0.2, 0.25) is 5.02 Å². The summed E-state index contributed by atoms with van der Waals surface area (Å²) in [6, 6.07) is 13.2. The fourth-order valence-electron chi connectivity index (χ4n) is 2.09. The van der Waals surface area contributed by atoms with E-state index in [9.17, 15) is 9.59 Å². The molecule has 0 aromatic heterocycles. The van der Waals surface area contributed by atoms with Gasteiger partial charge in [-0.2, -0.15) is 5.10 Å². The number of carbonyl (C=O) groups is 2. The van der Waals surface area contributed by atoms with Crippen molar-refractivity contribution in [2.75, 3.05) is 6.54 Å². The van der Waals surface area contributed by atoms with Gasteiger partial charge in [0.15, 0.2) is 0 Å². The van der Waals surface area contributed by atoms with Crippen molar-refractivity contribution in [3.8, 4) is 5.75 Å². The largest absolute Gasteiger partial charge is 0.487 e. The number of hydrogen-bond donors (Lipinski definition) is 2. The molecule has 6 nitrogen and oxygen atoms in total. The number of nitrogens with zero attached hydrogens (tertiary/aromatic N) is 1. The number of benzene rings is 2. The van der Waals surface area contributed by atoms with Gasteiger partial charge in [-0.05, 0) is 42.7 Å². The second-order valence-corrected chi connectivity index (χ2v) is 6.33. The Bertz CT molecular complexity index is 820. The summed E-state index contributed by atoms with van der Waals surface area (Å²) in [7, 11) is 0. The Labute approximate surface area is 163 Å². The molecule has 0 aliphatic carbocycles. The van der Waals surface area contributed by atoms with Crippen molar-refractivity contribution in [3.63, 3.8) is 0 Å². The van der Waals surface area contributed by atoms with E-state index in [0.717, 1.165) is 12.0 Å². The molecule has 0 fully saturated rings. The number of ether oxygens (including phenoxy) is 1. The van der Waals surface area contributed by atoms with Crippen molar-refractivity contribution in [2.45, 2.75) is 26.9 Å². The number of carbonyl (C=O) groups excluding carboxylic acids is 2. The first kappa shape index (κ1) is 20.5. The van der Waals surface area contributed by atoms with Crippen LogP contribution in [0.5, 0.6) is 5.75 Å². The number of halogens is 1. The highest BCUT2D eigenvalue weighted by Gasteiger charge is 2.10. The van der Waals surface area contributed by atoms with Gasteiger partial charge in [0.2, 0.25) is 0 Å². The second kappa shape index (κ2) is 10.3. The van der Waals surface area contributed by atoms with Crippen molar-refractivity contribution in [3.05, 3.63) is 64.2 Å². The summed E-state index contributed by atoms with van der Waals surface area (Å²) in [6.07, 6.45) is 2.15. The van der Waals surface area contributed by atoms with Crippen molar-refractivity contribution in [2.24, 2.45) is 5.10 Å². The molecule has 0 aliphatic heterocycles. The maximum Gasteiger partial charge on any atom is 0.329 e. The van der Waals surface area contributed by atoms with Crippen LogP contribution < -0.4 is 15.5 Å². The van der Waals surface area contributed by atoms with Crippen LogP contribution in [0.1, 0.15) is 30.0 Å². The van der Waals surface area contributed by atoms with Gasteiger partial charge in [-0.25, -0.2) is 5.43 Å². The van der Waals surface area contributed by atoms with Crippen LogP contribution in [0.4, 0.5) is 0 Å². The molecule has 0 unspecified atom stereocenters. The van der Waals surface area contributed by atoms with Crippen molar-refractivity contribution >= 4 is 29.6 Å². The highest BCUT2D eigenvalue weighted by atomic mass is 35.5. The number of hydrazone groups is 1. The molecule has 142 valence electrons. The average molecular weight is 388 g/mol. The van der Waals surface area contributed by atoms with Crippen molar-refractivity contribution < 1.29 is 14.3 Å². The van der Waals surface area contributed by atoms with E-state index in [2.05, 4.69) is 15.8 Å². The molecule has 7 heteroatoms. The molecule has 2 rings (SSSR count). The zero-order chi connectivity index (χ0) is 19.6. The van der Waals surface area contributed by atoms with E-state index in [1.54, 1.807) is 18.2 Å². The maximum absolute atomic E-state index is 11.5. The standard InChI is InChI=1S/C20H22ClN3O3/c1-3-10-22-19(25)20(26)24-23-12-16-8-9-18(17(21)11-16)27-13-15-6-4-14(2)5-7-15/h4-9,11-12H,3,10,13H2,1-2H3,(H,22,25)(H,24,26)/b23-12-. The number of amides is 2. The van der Waals surface area contributed by atoms with E-state index in [4.69, 9.17) is 16.3 Å². The molecule has 0 saturated carbocycles. The monoisotopic (exact) mass is 387 g/mol. The first-order valence-corrected chi connectivity index (χ1v) is 8.96. The average Bonchev–Trinajstić information content (AvgIpc) is 2.66. The van der Waals surface area contributed by atoms with Gasteiger partial charge in [0, 0.05) is 6.54 Å². The third-order valence-electron chi connectivity index (χ3n) is 3.59. The molecule has 27 heavy (non-hydrogen) atoms. The summed E-state index contributed by atoms with van der Waals surface area (Å²) in [5.41, 5.74) is 5.07. The first-order chi connectivity index (χ1) is 13.0. The van der Waals surface area contributed by atoms with Crippen LogP contribution in [-0.2, 0) is 16.2 Å². The predicted molar refractivity (Wildman–Crippen MR) is 106 cm³/mol. The quantitative estimate of drug-likeness (QED) is 0.435. The molecule has 0 aliphatic rings.